The second-order valence-corrected chi connectivity index (χ2v) is 4.16. The number of carbonyl (C=O) groups excluding carboxylic acids is 1. The number of rotatable bonds is 3. The topological polar surface area (TPSA) is 32.3 Å². The van der Waals surface area contributed by atoms with Gasteiger partial charge in [-0.1, -0.05) is 32.3 Å². The molecule has 0 bridgehead atoms. The lowest BCUT2D eigenvalue weighted by atomic mass is 9.95. The predicted molar refractivity (Wildman–Crippen MR) is 62.6 cm³/mol. The van der Waals surface area contributed by atoms with Gasteiger partial charge >= 0.3 is 6.03 Å². The summed E-state index contributed by atoms with van der Waals surface area (Å²) in [5.74, 6) is 0. The fourth-order valence-electron chi connectivity index (χ4n) is 1.98. The zero-order valence-electron chi connectivity index (χ0n) is 9.83. The summed E-state index contributed by atoms with van der Waals surface area (Å²) in [6.45, 7) is 2.05. The maximum atomic E-state index is 11.7. The van der Waals surface area contributed by atoms with Gasteiger partial charge in [0.1, 0.15) is 0 Å². The van der Waals surface area contributed by atoms with E-state index in [1.165, 1.54) is 19.3 Å². The van der Waals surface area contributed by atoms with E-state index in [0.29, 0.717) is 6.04 Å². The van der Waals surface area contributed by atoms with Crippen LogP contribution in [0.15, 0.2) is 12.3 Å². The fraction of sp³-hybridized carbons (Fsp3) is 0.750. The Morgan fingerprint density at radius 2 is 2.07 bits per heavy atom. The van der Waals surface area contributed by atoms with Crippen molar-refractivity contribution in [2.75, 3.05) is 7.05 Å². The average molecular weight is 210 g/mol. The van der Waals surface area contributed by atoms with Gasteiger partial charge in [0.2, 0.25) is 0 Å². The van der Waals surface area contributed by atoms with Crippen molar-refractivity contribution in [1.82, 2.24) is 10.2 Å². The van der Waals surface area contributed by atoms with Crippen LogP contribution in [-0.2, 0) is 0 Å². The van der Waals surface area contributed by atoms with Crippen LogP contribution >= 0.6 is 0 Å². The van der Waals surface area contributed by atoms with Crippen molar-refractivity contribution < 1.29 is 4.79 Å². The Balaban J connectivity index is 2.33. The predicted octanol–water partition coefficient (Wildman–Crippen LogP) is 2.88. The van der Waals surface area contributed by atoms with E-state index < -0.39 is 0 Å². The Kier molecular flexibility index (Phi) is 5.22. The van der Waals surface area contributed by atoms with Crippen LogP contribution < -0.4 is 5.32 Å². The van der Waals surface area contributed by atoms with Crippen molar-refractivity contribution in [3.8, 4) is 0 Å². The molecule has 1 saturated carbocycles. The minimum absolute atomic E-state index is 0.0200. The Labute approximate surface area is 92.5 Å². The number of urea groups is 1. The van der Waals surface area contributed by atoms with Gasteiger partial charge in [-0.15, -0.1) is 0 Å². The van der Waals surface area contributed by atoms with E-state index in [0.717, 1.165) is 19.3 Å². The molecule has 1 aliphatic rings. The van der Waals surface area contributed by atoms with E-state index >= 15 is 0 Å². The van der Waals surface area contributed by atoms with Crippen molar-refractivity contribution in [3.63, 3.8) is 0 Å². The molecule has 0 aromatic carbocycles. The normalized spacial score (nSPS) is 18.0. The molecule has 15 heavy (non-hydrogen) atoms. The molecule has 0 heterocycles. The maximum Gasteiger partial charge on any atom is 0.321 e. The van der Waals surface area contributed by atoms with Crippen LogP contribution in [0.5, 0.6) is 0 Å². The van der Waals surface area contributed by atoms with Crippen molar-refractivity contribution >= 4 is 6.03 Å². The molecule has 0 spiro atoms. The lowest BCUT2D eigenvalue weighted by Gasteiger charge is -2.30. The van der Waals surface area contributed by atoms with E-state index in [1.807, 2.05) is 24.9 Å². The van der Waals surface area contributed by atoms with Gasteiger partial charge < -0.3 is 10.2 Å². The summed E-state index contributed by atoms with van der Waals surface area (Å²) in [7, 11) is 1.89. The molecule has 0 aliphatic heterocycles. The standard InChI is InChI=1S/C12H22N2O/c1-3-4-10-13-12(15)14(2)11-8-6-5-7-9-11/h4,10-11H,3,5-9H2,1-2H3,(H,13,15)/b10-4+. The number of carbonyl (C=O) groups is 1. The lowest BCUT2D eigenvalue weighted by Crippen LogP contribution is -2.42. The number of amides is 2. The molecule has 0 aromatic heterocycles. The van der Waals surface area contributed by atoms with E-state index in [2.05, 4.69) is 5.32 Å². The molecule has 86 valence electrons. The monoisotopic (exact) mass is 210 g/mol. The Hall–Kier alpha value is -0.990. The summed E-state index contributed by atoms with van der Waals surface area (Å²) >= 11 is 0. The van der Waals surface area contributed by atoms with Crippen molar-refractivity contribution in [1.29, 1.82) is 0 Å². The highest BCUT2D eigenvalue weighted by atomic mass is 16.2. The molecule has 1 rings (SSSR count). The highest BCUT2D eigenvalue weighted by Gasteiger charge is 2.20. The zero-order valence-corrected chi connectivity index (χ0v) is 9.83. The zero-order chi connectivity index (χ0) is 11.1. The molecule has 0 saturated heterocycles. The van der Waals surface area contributed by atoms with E-state index in [1.54, 1.807) is 6.20 Å². The highest BCUT2D eigenvalue weighted by molar-refractivity contribution is 5.75. The first-order valence-corrected chi connectivity index (χ1v) is 5.94. The third kappa shape index (κ3) is 3.94. The van der Waals surface area contributed by atoms with Gasteiger partial charge in [-0.05, 0) is 19.3 Å². The quantitative estimate of drug-likeness (QED) is 0.763. The van der Waals surface area contributed by atoms with E-state index in [-0.39, 0.29) is 6.03 Å². The number of nitrogens with one attached hydrogen (secondary N) is 1. The molecular formula is C12H22N2O. The smallest absolute Gasteiger partial charge is 0.321 e. The minimum atomic E-state index is 0.0200. The second kappa shape index (κ2) is 6.49. The number of nitrogens with zero attached hydrogens (tertiary/aromatic N) is 1. The summed E-state index contributed by atoms with van der Waals surface area (Å²) in [6.07, 6.45) is 10.8. The summed E-state index contributed by atoms with van der Waals surface area (Å²) in [5, 5.41) is 2.79. The summed E-state index contributed by atoms with van der Waals surface area (Å²) in [6, 6.07) is 0.459. The van der Waals surface area contributed by atoms with Crippen molar-refractivity contribution in [2.24, 2.45) is 0 Å². The molecule has 2 amide bonds. The van der Waals surface area contributed by atoms with Crippen LogP contribution in [0.3, 0.4) is 0 Å². The molecular weight excluding hydrogens is 188 g/mol. The molecule has 0 aromatic rings. The first-order chi connectivity index (χ1) is 7.25. The molecule has 1 N–H and O–H groups in total. The van der Waals surface area contributed by atoms with Gasteiger partial charge in [0, 0.05) is 19.3 Å². The molecule has 1 fully saturated rings. The summed E-state index contributed by atoms with van der Waals surface area (Å²) < 4.78 is 0. The first kappa shape index (κ1) is 12.1. The third-order valence-corrected chi connectivity index (χ3v) is 3.00. The van der Waals surface area contributed by atoms with Gasteiger partial charge in [-0.2, -0.15) is 0 Å². The third-order valence-electron chi connectivity index (χ3n) is 3.00. The van der Waals surface area contributed by atoms with E-state index in [9.17, 15) is 4.79 Å². The van der Waals surface area contributed by atoms with Crippen molar-refractivity contribution in [2.45, 2.75) is 51.5 Å². The Bertz CT molecular complexity index is 220. The van der Waals surface area contributed by atoms with Gasteiger partial charge in [-0.3, -0.25) is 0 Å². The van der Waals surface area contributed by atoms with Crippen molar-refractivity contribution in [3.05, 3.63) is 12.3 Å². The van der Waals surface area contributed by atoms with Gasteiger partial charge in [0.25, 0.3) is 0 Å². The average Bonchev–Trinajstić information content (AvgIpc) is 2.29. The highest BCUT2D eigenvalue weighted by Crippen LogP contribution is 2.21. The summed E-state index contributed by atoms with van der Waals surface area (Å²) in [4.78, 5) is 13.5. The largest absolute Gasteiger partial charge is 0.325 e. The first-order valence-electron chi connectivity index (χ1n) is 5.94. The van der Waals surface area contributed by atoms with Crippen LogP contribution in [0.1, 0.15) is 45.4 Å². The number of allylic oxidation sites excluding steroid dienone is 1. The van der Waals surface area contributed by atoms with Crippen LogP contribution in [0, 0.1) is 0 Å². The molecule has 1 aliphatic carbocycles. The van der Waals surface area contributed by atoms with Crippen LogP contribution in [0.25, 0.3) is 0 Å². The molecule has 3 nitrogen and oxygen atoms in total. The SMILES string of the molecule is CC/C=C/NC(=O)N(C)C1CCCCC1. The summed E-state index contributed by atoms with van der Waals surface area (Å²) in [5.41, 5.74) is 0. The molecule has 3 heteroatoms. The van der Waals surface area contributed by atoms with Gasteiger partial charge in [-0.25, -0.2) is 4.79 Å². The van der Waals surface area contributed by atoms with Crippen LogP contribution in [-0.4, -0.2) is 24.0 Å². The Morgan fingerprint density at radius 3 is 2.67 bits per heavy atom. The number of hydrogen-bond donors (Lipinski definition) is 1. The lowest BCUT2D eigenvalue weighted by molar-refractivity contribution is 0.177. The minimum Gasteiger partial charge on any atom is -0.325 e. The number of hydrogen-bond acceptors (Lipinski definition) is 1. The van der Waals surface area contributed by atoms with Crippen LogP contribution in [0.4, 0.5) is 4.79 Å². The van der Waals surface area contributed by atoms with Crippen LogP contribution in [0.2, 0.25) is 0 Å². The molecule has 0 unspecified atom stereocenters. The fourth-order valence-corrected chi connectivity index (χ4v) is 1.98. The Morgan fingerprint density at radius 1 is 1.40 bits per heavy atom. The van der Waals surface area contributed by atoms with E-state index in [4.69, 9.17) is 0 Å². The van der Waals surface area contributed by atoms with Gasteiger partial charge in [0.05, 0.1) is 0 Å². The molecule has 0 radical (unpaired) electrons. The maximum absolute atomic E-state index is 11.7. The van der Waals surface area contributed by atoms with Gasteiger partial charge in [0.15, 0.2) is 0 Å². The second-order valence-electron chi connectivity index (χ2n) is 4.16. The molecule has 0 atom stereocenters.